The molecule has 0 aliphatic carbocycles. The van der Waals surface area contributed by atoms with E-state index in [9.17, 15) is 13.6 Å². The molecule has 1 N–H and O–H groups in total. The second kappa shape index (κ2) is 7.55. The standard InChI is InChI=1S/C14H18F2N2O.ClH/c1-17-8-10-4-3-7-18(9-10)14(19)13-11(15)5-2-6-12(13)16;/h2,5-6,10,17H,3-4,7-9H2,1H3;1H. The number of hydrogen-bond acceptors (Lipinski definition) is 2. The number of halogens is 3. The van der Waals surface area contributed by atoms with Gasteiger partial charge in [-0.05, 0) is 44.5 Å². The highest BCUT2D eigenvalue weighted by atomic mass is 35.5. The van der Waals surface area contributed by atoms with Crippen LogP contribution in [0.4, 0.5) is 8.78 Å². The average Bonchev–Trinajstić information content (AvgIpc) is 2.39. The molecule has 1 aromatic carbocycles. The van der Waals surface area contributed by atoms with Gasteiger partial charge in [0.1, 0.15) is 17.2 Å². The fourth-order valence-electron chi connectivity index (χ4n) is 2.57. The van der Waals surface area contributed by atoms with Crippen molar-refractivity contribution < 1.29 is 13.6 Å². The van der Waals surface area contributed by atoms with Crippen LogP contribution in [0.3, 0.4) is 0 Å². The number of nitrogens with zero attached hydrogens (tertiary/aromatic N) is 1. The van der Waals surface area contributed by atoms with Gasteiger partial charge < -0.3 is 10.2 Å². The highest BCUT2D eigenvalue weighted by Crippen LogP contribution is 2.20. The number of nitrogens with one attached hydrogen (secondary N) is 1. The monoisotopic (exact) mass is 304 g/mol. The van der Waals surface area contributed by atoms with Crippen LogP contribution in [0.25, 0.3) is 0 Å². The zero-order chi connectivity index (χ0) is 13.8. The van der Waals surface area contributed by atoms with Gasteiger partial charge in [-0.25, -0.2) is 8.78 Å². The Kier molecular flexibility index (Phi) is 6.36. The van der Waals surface area contributed by atoms with E-state index in [1.54, 1.807) is 4.90 Å². The Labute approximate surface area is 123 Å². The van der Waals surface area contributed by atoms with Gasteiger partial charge in [-0.15, -0.1) is 12.4 Å². The molecule has 1 saturated heterocycles. The normalized spacial score (nSPS) is 18.6. The molecule has 1 amide bonds. The lowest BCUT2D eigenvalue weighted by molar-refractivity contribution is 0.0664. The maximum Gasteiger partial charge on any atom is 0.259 e. The van der Waals surface area contributed by atoms with Crippen molar-refractivity contribution in [3.05, 3.63) is 35.4 Å². The van der Waals surface area contributed by atoms with Crippen LogP contribution in [0.5, 0.6) is 0 Å². The fourth-order valence-corrected chi connectivity index (χ4v) is 2.57. The first-order chi connectivity index (χ1) is 9.13. The second-order valence-electron chi connectivity index (χ2n) is 4.91. The molecule has 1 aliphatic rings. The number of rotatable bonds is 3. The molecule has 1 aliphatic heterocycles. The Morgan fingerprint density at radius 1 is 1.40 bits per heavy atom. The van der Waals surface area contributed by atoms with Gasteiger partial charge in [0.25, 0.3) is 5.91 Å². The Bertz CT molecular complexity index is 448. The number of likely N-dealkylation sites (tertiary alicyclic amines) is 1. The van der Waals surface area contributed by atoms with Crippen LogP contribution < -0.4 is 5.32 Å². The summed E-state index contributed by atoms with van der Waals surface area (Å²) in [6.45, 7) is 1.92. The molecule has 1 atom stereocenters. The first-order valence-electron chi connectivity index (χ1n) is 6.51. The SMILES string of the molecule is CNCC1CCCN(C(=O)c2c(F)cccc2F)C1.Cl. The molecule has 0 bridgehead atoms. The summed E-state index contributed by atoms with van der Waals surface area (Å²) in [7, 11) is 1.86. The summed E-state index contributed by atoms with van der Waals surface area (Å²) in [4.78, 5) is 13.8. The van der Waals surface area contributed by atoms with Crippen molar-refractivity contribution in [2.24, 2.45) is 5.92 Å². The Morgan fingerprint density at radius 3 is 2.65 bits per heavy atom. The summed E-state index contributed by atoms with van der Waals surface area (Å²) < 4.78 is 27.2. The molecule has 3 nitrogen and oxygen atoms in total. The molecule has 0 spiro atoms. The minimum atomic E-state index is -0.791. The van der Waals surface area contributed by atoms with E-state index in [0.29, 0.717) is 19.0 Å². The molecule has 2 rings (SSSR count). The first-order valence-corrected chi connectivity index (χ1v) is 6.51. The Morgan fingerprint density at radius 2 is 2.05 bits per heavy atom. The second-order valence-corrected chi connectivity index (χ2v) is 4.91. The lowest BCUT2D eigenvalue weighted by atomic mass is 9.97. The maximum atomic E-state index is 13.6. The van der Waals surface area contributed by atoms with Crippen molar-refractivity contribution >= 4 is 18.3 Å². The van der Waals surface area contributed by atoms with Gasteiger partial charge in [0.2, 0.25) is 0 Å². The zero-order valence-electron chi connectivity index (χ0n) is 11.4. The summed E-state index contributed by atoms with van der Waals surface area (Å²) in [6.07, 6.45) is 1.90. The molecule has 1 heterocycles. The van der Waals surface area contributed by atoms with Crippen LogP contribution in [0.2, 0.25) is 0 Å². The molecule has 0 saturated carbocycles. The van der Waals surface area contributed by atoms with Gasteiger partial charge in [0, 0.05) is 13.1 Å². The largest absolute Gasteiger partial charge is 0.338 e. The maximum absolute atomic E-state index is 13.6. The molecule has 1 unspecified atom stereocenters. The topological polar surface area (TPSA) is 32.3 Å². The first kappa shape index (κ1) is 16.9. The van der Waals surface area contributed by atoms with Gasteiger partial charge in [-0.3, -0.25) is 4.79 Å². The highest BCUT2D eigenvalue weighted by molar-refractivity contribution is 5.94. The Balaban J connectivity index is 0.00000200. The summed E-state index contributed by atoms with van der Waals surface area (Å²) in [6, 6.07) is 3.50. The number of amides is 1. The van der Waals surface area contributed by atoms with E-state index in [4.69, 9.17) is 0 Å². The van der Waals surface area contributed by atoms with Gasteiger partial charge >= 0.3 is 0 Å². The van der Waals surface area contributed by atoms with Crippen LogP contribution in [-0.4, -0.2) is 37.5 Å². The van der Waals surface area contributed by atoms with Crippen molar-refractivity contribution in [2.45, 2.75) is 12.8 Å². The van der Waals surface area contributed by atoms with E-state index in [0.717, 1.165) is 31.5 Å². The fraction of sp³-hybridized carbons (Fsp3) is 0.500. The average molecular weight is 305 g/mol. The van der Waals surface area contributed by atoms with E-state index in [2.05, 4.69) is 5.32 Å². The predicted molar refractivity (Wildman–Crippen MR) is 76.2 cm³/mol. The number of carbonyl (C=O) groups is 1. The molecule has 0 radical (unpaired) electrons. The molecule has 1 fully saturated rings. The lowest BCUT2D eigenvalue weighted by Crippen LogP contribution is -2.43. The van der Waals surface area contributed by atoms with Crippen molar-refractivity contribution in [1.29, 1.82) is 0 Å². The van der Waals surface area contributed by atoms with Crippen LogP contribution in [0, 0.1) is 17.6 Å². The summed E-state index contributed by atoms with van der Waals surface area (Å²) in [5.74, 6) is -1.78. The van der Waals surface area contributed by atoms with Crippen molar-refractivity contribution in [3.63, 3.8) is 0 Å². The predicted octanol–water partition coefficient (Wildman–Crippen LogP) is 2.46. The molecule has 20 heavy (non-hydrogen) atoms. The van der Waals surface area contributed by atoms with Crippen LogP contribution in [-0.2, 0) is 0 Å². The van der Waals surface area contributed by atoms with E-state index < -0.39 is 23.1 Å². The molecule has 1 aromatic rings. The molecule has 112 valence electrons. The third-order valence-corrected chi connectivity index (χ3v) is 3.48. The highest BCUT2D eigenvalue weighted by Gasteiger charge is 2.27. The van der Waals surface area contributed by atoms with Crippen molar-refractivity contribution in [2.75, 3.05) is 26.7 Å². The van der Waals surface area contributed by atoms with Crippen molar-refractivity contribution in [1.82, 2.24) is 10.2 Å². The molecule has 0 aromatic heterocycles. The van der Waals surface area contributed by atoms with Gasteiger partial charge in [0.05, 0.1) is 0 Å². The lowest BCUT2D eigenvalue weighted by Gasteiger charge is -2.32. The molecule has 6 heteroatoms. The van der Waals surface area contributed by atoms with E-state index >= 15 is 0 Å². The number of benzene rings is 1. The number of piperidine rings is 1. The number of hydrogen-bond donors (Lipinski definition) is 1. The minimum Gasteiger partial charge on any atom is -0.338 e. The van der Waals surface area contributed by atoms with E-state index in [1.807, 2.05) is 7.05 Å². The molecular formula is C14H19ClF2N2O. The smallest absolute Gasteiger partial charge is 0.259 e. The van der Waals surface area contributed by atoms with E-state index in [-0.39, 0.29) is 12.4 Å². The van der Waals surface area contributed by atoms with E-state index in [1.165, 1.54) is 6.07 Å². The third kappa shape index (κ3) is 3.67. The third-order valence-electron chi connectivity index (χ3n) is 3.48. The van der Waals surface area contributed by atoms with Crippen LogP contribution in [0.15, 0.2) is 18.2 Å². The van der Waals surface area contributed by atoms with Crippen LogP contribution in [0.1, 0.15) is 23.2 Å². The van der Waals surface area contributed by atoms with Gasteiger partial charge in [-0.1, -0.05) is 6.07 Å². The number of carbonyl (C=O) groups excluding carboxylic acids is 1. The Hall–Kier alpha value is -1.20. The van der Waals surface area contributed by atoms with Gasteiger partial charge in [0.15, 0.2) is 0 Å². The zero-order valence-corrected chi connectivity index (χ0v) is 12.2. The molecular weight excluding hydrogens is 286 g/mol. The summed E-state index contributed by atoms with van der Waals surface area (Å²) >= 11 is 0. The quantitative estimate of drug-likeness (QED) is 0.930. The van der Waals surface area contributed by atoms with Crippen LogP contribution >= 0.6 is 12.4 Å². The van der Waals surface area contributed by atoms with Crippen molar-refractivity contribution in [3.8, 4) is 0 Å². The summed E-state index contributed by atoms with van der Waals surface area (Å²) in [5, 5.41) is 3.07. The minimum absolute atomic E-state index is 0. The summed E-state index contributed by atoms with van der Waals surface area (Å²) in [5.41, 5.74) is -0.437. The van der Waals surface area contributed by atoms with Gasteiger partial charge in [-0.2, -0.15) is 0 Å².